The summed E-state index contributed by atoms with van der Waals surface area (Å²) < 4.78 is 0. The van der Waals surface area contributed by atoms with Crippen LogP contribution in [0.5, 0.6) is 0 Å². The van der Waals surface area contributed by atoms with Crippen LogP contribution in [0, 0.1) is 0 Å². The van der Waals surface area contributed by atoms with Crippen LogP contribution in [0.25, 0.3) is 0 Å². The summed E-state index contributed by atoms with van der Waals surface area (Å²) in [5, 5.41) is 7.93. The summed E-state index contributed by atoms with van der Waals surface area (Å²) in [4.78, 5) is 2.55. The van der Waals surface area contributed by atoms with E-state index in [9.17, 15) is 0 Å². The molecular formula is C11H18N2S. The number of thiophene rings is 1. The van der Waals surface area contributed by atoms with Gasteiger partial charge in [0.1, 0.15) is 0 Å². The summed E-state index contributed by atoms with van der Waals surface area (Å²) >= 11 is 1.79. The van der Waals surface area contributed by atoms with Crippen LogP contribution in [-0.4, -0.2) is 30.6 Å². The van der Waals surface area contributed by atoms with Gasteiger partial charge in [-0.25, -0.2) is 0 Å². The summed E-state index contributed by atoms with van der Waals surface area (Å²) in [5.74, 6) is 0. The molecule has 0 saturated carbocycles. The molecule has 2 heterocycles. The Morgan fingerprint density at radius 1 is 1.64 bits per heavy atom. The number of nitrogens with one attached hydrogen (secondary N) is 1. The van der Waals surface area contributed by atoms with Gasteiger partial charge in [-0.3, -0.25) is 4.90 Å². The number of hydrogen-bond acceptors (Lipinski definition) is 3. The first kappa shape index (κ1) is 10.1. The smallest absolute Gasteiger partial charge is 0.0242 e. The van der Waals surface area contributed by atoms with Gasteiger partial charge >= 0.3 is 0 Å². The number of rotatable bonds is 2. The number of hydrogen-bond donors (Lipinski definition) is 1. The molecular weight excluding hydrogens is 192 g/mol. The van der Waals surface area contributed by atoms with E-state index in [0.717, 1.165) is 6.54 Å². The van der Waals surface area contributed by atoms with E-state index < -0.39 is 0 Å². The predicted octanol–water partition coefficient (Wildman–Crippen LogP) is 1.93. The second kappa shape index (κ2) is 4.91. The third-order valence-corrected chi connectivity index (χ3v) is 3.39. The van der Waals surface area contributed by atoms with E-state index in [1.807, 2.05) is 0 Å². The quantitative estimate of drug-likeness (QED) is 0.802. The minimum absolute atomic E-state index is 0.635. The van der Waals surface area contributed by atoms with Gasteiger partial charge in [-0.1, -0.05) is 0 Å². The molecule has 2 rings (SSSR count). The van der Waals surface area contributed by atoms with Crippen molar-refractivity contribution in [1.82, 2.24) is 10.2 Å². The van der Waals surface area contributed by atoms with Gasteiger partial charge in [0.05, 0.1) is 0 Å². The average molecular weight is 210 g/mol. The summed E-state index contributed by atoms with van der Waals surface area (Å²) in [6.07, 6.45) is 1.27. The third-order valence-electron chi connectivity index (χ3n) is 2.66. The van der Waals surface area contributed by atoms with Gasteiger partial charge in [-0.05, 0) is 48.8 Å². The fourth-order valence-electron chi connectivity index (χ4n) is 1.98. The van der Waals surface area contributed by atoms with Gasteiger partial charge in [-0.2, -0.15) is 11.3 Å². The SMILES string of the molecule is CC1CN(Cc2ccsc2)CCCN1. The van der Waals surface area contributed by atoms with Crippen molar-refractivity contribution in [3.8, 4) is 0 Å². The standard InChI is InChI=1S/C11H18N2S/c1-10-7-13(5-2-4-12-10)8-11-3-6-14-9-11/h3,6,9-10,12H,2,4-5,7-8H2,1H3. The lowest BCUT2D eigenvalue weighted by molar-refractivity contribution is 0.265. The Kier molecular flexibility index (Phi) is 3.56. The van der Waals surface area contributed by atoms with Crippen LogP contribution < -0.4 is 5.32 Å². The monoisotopic (exact) mass is 210 g/mol. The second-order valence-corrected chi connectivity index (χ2v) is 4.86. The maximum atomic E-state index is 3.51. The first-order chi connectivity index (χ1) is 6.84. The van der Waals surface area contributed by atoms with E-state index in [1.165, 1.54) is 31.6 Å². The second-order valence-electron chi connectivity index (χ2n) is 4.08. The van der Waals surface area contributed by atoms with E-state index >= 15 is 0 Å². The Labute approximate surface area is 89.9 Å². The highest BCUT2D eigenvalue weighted by Crippen LogP contribution is 2.11. The minimum Gasteiger partial charge on any atom is -0.313 e. The molecule has 0 spiro atoms. The summed E-state index contributed by atoms with van der Waals surface area (Å²) in [6.45, 7) is 6.96. The third kappa shape index (κ3) is 2.80. The van der Waals surface area contributed by atoms with Gasteiger partial charge < -0.3 is 5.32 Å². The van der Waals surface area contributed by atoms with Crippen molar-refractivity contribution in [2.24, 2.45) is 0 Å². The molecule has 3 heteroatoms. The van der Waals surface area contributed by atoms with Gasteiger partial charge in [0.15, 0.2) is 0 Å². The van der Waals surface area contributed by atoms with E-state index in [0.29, 0.717) is 6.04 Å². The zero-order valence-corrected chi connectivity index (χ0v) is 9.52. The van der Waals surface area contributed by atoms with Crippen LogP contribution >= 0.6 is 11.3 Å². The Morgan fingerprint density at radius 2 is 2.57 bits per heavy atom. The van der Waals surface area contributed by atoms with Gasteiger partial charge in [-0.15, -0.1) is 0 Å². The molecule has 2 nitrogen and oxygen atoms in total. The van der Waals surface area contributed by atoms with Crippen LogP contribution in [0.2, 0.25) is 0 Å². The minimum atomic E-state index is 0.635. The van der Waals surface area contributed by atoms with Crippen molar-refractivity contribution >= 4 is 11.3 Å². The Morgan fingerprint density at radius 3 is 3.36 bits per heavy atom. The highest BCUT2D eigenvalue weighted by molar-refractivity contribution is 7.07. The molecule has 1 saturated heterocycles. The Balaban J connectivity index is 1.90. The molecule has 0 bridgehead atoms. The molecule has 0 radical (unpaired) electrons. The molecule has 14 heavy (non-hydrogen) atoms. The van der Waals surface area contributed by atoms with Gasteiger partial charge in [0, 0.05) is 19.1 Å². The van der Waals surface area contributed by atoms with Crippen molar-refractivity contribution < 1.29 is 0 Å². The van der Waals surface area contributed by atoms with E-state index in [1.54, 1.807) is 11.3 Å². The predicted molar refractivity (Wildman–Crippen MR) is 61.7 cm³/mol. The molecule has 1 aliphatic heterocycles. The van der Waals surface area contributed by atoms with Crippen LogP contribution in [0.15, 0.2) is 16.8 Å². The summed E-state index contributed by atoms with van der Waals surface area (Å²) in [5.41, 5.74) is 1.46. The summed E-state index contributed by atoms with van der Waals surface area (Å²) in [6, 6.07) is 2.87. The van der Waals surface area contributed by atoms with E-state index in [-0.39, 0.29) is 0 Å². The average Bonchev–Trinajstić information content (AvgIpc) is 2.56. The largest absolute Gasteiger partial charge is 0.313 e. The lowest BCUT2D eigenvalue weighted by Gasteiger charge is -2.21. The maximum absolute atomic E-state index is 3.51. The van der Waals surface area contributed by atoms with Crippen LogP contribution in [-0.2, 0) is 6.54 Å². The molecule has 1 atom stereocenters. The highest BCUT2D eigenvalue weighted by Gasteiger charge is 2.13. The van der Waals surface area contributed by atoms with Crippen molar-refractivity contribution in [3.63, 3.8) is 0 Å². The van der Waals surface area contributed by atoms with Crippen molar-refractivity contribution in [2.45, 2.75) is 25.9 Å². The molecule has 1 unspecified atom stereocenters. The van der Waals surface area contributed by atoms with Gasteiger partial charge in [0.25, 0.3) is 0 Å². The fraction of sp³-hybridized carbons (Fsp3) is 0.636. The molecule has 0 aliphatic carbocycles. The van der Waals surface area contributed by atoms with Crippen molar-refractivity contribution in [2.75, 3.05) is 19.6 Å². The molecule has 1 aromatic heterocycles. The zero-order valence-electron chi connectivity index (χ0n) is 8.70. The molecule has 1 aliphatic rings. The van der Waals surface area contributed by atoms with Gasteiger partial charge in [0.2, 0.25) is 0 Å². The molecule has 1 N–H and O–H groups in total. The Hall–Kier alpha value is -0.380. The summed E-state index contributed by atoms with van der Waals surface area (Å²) in [7, 11) is 0. The molecule has 0 aromatic carbocycles. The van der Waals surface area contributed by atoms with Crippen molar-refractivity contribution in [1.29, 1.82) is 0 Å². The maximum Gasteiger partial charge on any atom is 0.0242 e. The first-order valence-electron chi connectivity index (χ1n) is 5.31. The normalized spacial score (nSPS) is 24.8. The fourth-order valence-corrected chi connectivity index (χ4v) is 2.64. The van der Waals surface area contributed by atoms with Crippen molar-refractivity contribution in [3.05, 3.63) is 22.4 Å². The Bertz CT molecular complexity index is 258. The molecule has 1 aromatic rings. The lowest BCUT2D eigenvalue weighted by atomic mass is 10.2. The topological polar surface area (TPSA) is 15.3 Å². The molecule has 1 fully saturated rings. The highest BCUT2D eigenvalue weighted by atomic mass is 32.1. The van der Waals surface area contributed by atoms with Crippen LogP contribution in [0.1, 0.15) is 18.9 Å². The van der Waals surface area contributed by atoms with E-state index in [2.05, 4.69) is 34.0 Å². The first-order valence-corrected chi connectivity index (χ1v) is 6.25. The lowest BCUT2D eigenvalue weighted by Crippen LogP contribution is -2.34. The molecule has 78 valence electrons. The van der Waals surface area contributed by atoms with Crippen LogP contribution in [0.3, 0.4) is 0 Å². The zero-order chi connectivity index (χ0) is 9.80. The number of nitrogens with zero attached hydrogens (tertiary/aromatic N) is 1. The van der Waals surface area contributed by atoms with Crippen LogP contribution in [0.4, 0.5) is 0 Å². The van der Waals surface area contributed by atoms with E-state index in [4.69, 9.17) is 0 Å². The molecule has 0 amide bonds.